The topological polar surface area (TPSA) is 50.2 Å². The van der Waals surface area contributed by atoms with Gasteiger partial charge in [-0.2, -0.15) is 0 Å². The Morgan fingerprint density at radius 1 is 1.45 bits per heavy atom. The van der Waals surface area contributed by atoms with Crippen LogP contribution in [0.15, 0.2) is 27.6 Å². The summed E-state index contributed by atoms with van der Waals surface area (Å²) in [7, 11) is 0. The van der Waals surface area contributed by atoms with Crippen LogP contribution in [0.25, 0.3) is 10.9 Å². The van der Waals surface area contributed by atoms with Gasteiger partial charge in [-0.05, 0) is 40.9 Å². The molecule has 0 spiro atoms. The molecule has 2 aromatic rings. The van der Waals surface area contributed by atoms with Gasteiger partial charge in [0.25, 0.3) is 0 Å². The fraction of sp³-hybridized carbons (Fsp3) is 0.333. The normalized spacial score (nSPS) is 10.9. The number of rotatable bonds is 5. The second kappa shape index (κ2) is 6.59. The highest BCUT2D eigenvalue weighted by Crippen LogP contribution is 2.35. The van der Waals surface area contributed by atoms with Gasteiger partial charge in [-0.3, -0.25) is 9.78 Å². The molecule has 0 aliphatic carbocycles. The third-order valence-electron chi connectivity index (χ3n) is 3.06. The number of carboxylic acids is 1. The molecule has 3 nitrogen and oxygen atoms in total. The molecular weight excluding hydrogens is 338 g/mol. The summed E-state index contributed by atoms with van der Waals surface area (Å²) in [5, 5.41) is 9.97. The van der Waals surface area contributed by atoms with Crippen molar-refractivity contribution in [1.82, 2.24) is 4.98 Å². The van der Waals surface area contributed by atoms with Gasteiger partial charge in [-0.15, -0.1) is 11.8 Å². The molecule has 1 heterocycles. The first kappa shape index (κ1) is 15.3. The molecule has 2 rings (SSSR count). The fourth-order valence-electron chi connectivity index (χ4n) is 2.22. The third-order valence-corrected chi connectivity index (χ3v) is 4.85. The molecule has 0 fully saturated rings. The van der Waals surface area contributed by atoms with E-state index in [2.05, 4.69) is 27.8 Å². The monoisotopic (exact) mass is 353 g/mol. The predicted octanol–water partition coefficient (Wildman–Crippen LogP) is 4.43. The number of aliphatic carboxylic acids is 1. The summed E-state index contributed by atoms with van der Waals surface area (Å²) in [5.74, 6) is -0.725. The second-order valence-corrected chi connectivity index (χ2v) is 6.41. The number of thioether (sulfide) groups is 1. The summed E-state index contributed by atoms with van der Waals surface area (Å²) < 4.78 is 0.943. The van der Waals surface area contributed by atoms with Crippen molar-refractivity contribution >= 4 is 44.6 Å². The van der Waals surface area contributed by atoms with Gasteiger partial charge in [0.2, 0.25) is 0 Å². The van der Waals surface area contributed by atoms with E-state index in [4.69, 9.17) is 5.11 Å². The van der Waals surface area contributed by atoms with Crippen molar-refractivity contribution in [2.75, 3.05) is 5.75 Å². The predicted molar refractivity (Wildman–Crippen MR) is 86.5 cm³/mol. The van der Waals surface area contributed by atoms with Crippen LogP contribution in [-0.4, -0.2) is 21.8 Å². The molecule has 0 saturated heterocycles. The molecular formula is C15H16BrNO2S. The van der Waals surface area contributed by atoms with Crippen molar-refractivity contribution in [3.05, 3.63) is 33.9 Å². The molecule has 0 aliphatic rings. The Morgan fingerprint density at radius 2 is 2.20 bits per heavy atom. The van der Waals surface area contributed by atoms with Crippen LogP contribution >= 0.6 is 27.7 Å². The maximum absolute atomic E-state index is 10.9. The highest BCUT2D eigenvalue weighted by atomic mass is 79.9. The van der Waals surface area contributed by atoms with Gasteiger partial charge in [0.1, 0.15) is 0 Å². The van der Waals surface area contributed by atoms with Crippen molar-refractivity contribution in [3.8, 4) is 0 Å². The number of aryl methyl sites for hydroxylation is 1. The molecule has 5 heteroatoms. The average molecular weight is 354 g/mol. The van der Waals surface area contributed by atoms with Gasteiger partial charge in [-0.1, -0.05) is 25.5 Å². The Kier molecular flexibility index (Phi) is 5.05. The highest BCUT2D eigenvalue weighted by molar-refractivity contribution is 9.10. The van der Waals surface area contributed by atoms with Crippen molar-refractivity contribution in [2.24, 2.45) is 0 Å². The lowest BCUT2D eigenvalue weighted by atomic mass is 10.1. The number of fused-ring (bicyclic) bond motifs is 1. The van der Waals surface area contributed by atoms with E-state index >= 15 is 0 Å². The quantitative estimate of drug-likeness (QED) is 0.807. The Balaban J connectivity index is 2.65. The van der Waals surface area contributed by atoms with E-state index < -0.39 is 5.97 Å². The van der Waals surface area contributed by atoms with E-state index in [9.17, 15) is 4.79 Å². The lowest BCUT2D eigenvalue weighted by molar-refractivity contribution is -0.133. The number of benzene rings is 1. The first-order valence-electron chi connectivity index (χ1n) is 6.46. The zero-order valence-electron chi connectivity index (χ0n) is 11.4. The number of nitrogens with zero attached hydrogens (tertiary/aromatic N) is 1. The Morgan fingerprint density at radius 3 is 2.85 bits per heavy atom. The molecule has 20 heavy (non-hydrogen) atoms. The maximum Gasteiger partial charge on any atom is 0.313 e. The van der Waals surface area contributed by atoms with Crippen molar-refractivity contribution in [1.29, 1.82) is 0 Å². The molecule has 1 aromatic carbocycles. The van der Waals surface area contributed by atoms with Gasteiger partial charge in [-0.25, -0.2) is 0 Å². The number of hydrogen-bond acceptors (Lipinski definition) is 3. The van der Waals surface area contributed by atoms with Gasteiger partial charge >= 0.3 is 5.97 Å². The van der Waals surface area contributed by atoms with Gasteiger partial charge in [0.05, 0.1) is 11.3 Å². The van der Waals surface area contributed by atoms with E-state index in [0.29, 0.717) is 0 Å². The van der Waals surface area contributed by atoms with Crippen LogP contribution in [0.1, 0.15) is 24.6 Å². The second-order valence-electron chi connectivity index (χ2n) is 4.57. The first-order valence-corrected chi connectivity index (χ1v) is 8.24. The van der Waals surface area contributed by atoms with Crippen LogP contribution in [0.2, 0.25) is 0 Å². The smallest absolute Gasteiger partial charge is 0.313 e. The van der Waals surface area contributed by atoms with Gasteiger partial charge in [0.15, 0.2) is 0 Å². The lowest BCUT2D eigenvalue weighted by Gasteiger charge is -2.14. The number of hydrogen-bond donors (Lipinski definition) is 1. The average Bonchev–Trinajstić information content (AvgIpc) is 2.40. The Labute approximate surface area is 130 Å². The molecule has 106 valence electrons. The molecule has 0 saturated carbocycles. The van der Waals surface area contributed by atoms with E-state index in [0.717, 1.165) is 38.8 Å². The Hall–Kier alpha value is -1.07. The number of aromatic nitrogens is 1. The van der Waals surface area contributed by atoms with Crippen LogP contribution in [0.5, 0.6) is 0 Å². The molecule has 0 unspecified atom stereocenters. The van der Waals surface area contributed by atoms with Crippen LogP contribution < -0.4 is 0 Å². The molecule has 0 atom stereocenters. The van der Waals surface area contributed by atoms with E-state index in [1.165, 1.54) is 17.3 Å². The van der Waals surface area contributed by atoms with Crippen molar-refractivity contribution < 1.29 is 9.90 Å². The molecule has 1 N–H and O–H groups in total. The largest absolute Gasteiger partial charge is 0.481 e. The minimum Gasteiger partial charge on any atom is -0.481 e. The minimum atomic E-state index is -0.796. The van der Waals surface area contributed by atoms with Crippen LogP contribution in [-0.2, 0) is 11.2 Å². The summed E-state index contributed by atoms with van der Waals surface area (Å²) in [6.45, 7) is 4.12. The van der Waals surface area contributed by atoms with E-state index in [1.807, 2.05) is 25.1 Å². The van der Waals surface area contributed by atoms with Gasteiger partial charge < -0.3 is 5.11 Å². The molecule has 0 bridgehead atoms. The zero-order chi connectivity index (χ0) is 14.7. The number of carbonyl (C=O) groups is 1. The van der Waals surface area contributed by atoms with Crippen molar-refractivity contribution in [2.45, 2.75) is 31.6 Å². The minimum absolute atomic E-state index is 0.0712. The zero-order valence-corrected chi connectivity index (χ0v) is 13.8. The summed E-state index contributed by atoms with van der Waals surface area (Å²) in [5.41, 5.74) is 3.06. The van der Waals surface area contributed by atoms with Crippen molar-refractivity contribution in [3.63, 3.8) is 0 Å². The van der Waals surface area contributed by atoms with Crippen LogP contribution in [0, 0.1) is 6.92 Å². The molecule has 0 amide bonds. The van der Waals surface area contributed by atoms with E-state index in [1.54, 1.807) is 0 Å². The van der Waals surface area contributed by atoms with E-state index in [-0.39, 0.29) is 5.75 Å². The fourth-order valence-corrected chi connectivity index (χ4v) is 3.68. The van der Waals surface area contributed by atoms with Gasteiger partial charge in [0, 0.05) is 20.4 Å². The molecule has 1 aromatic heterocycles. The number of carboxylic acid groups (broad SMARTS) is 1. The number of para-hydroxylation sites is 1. The first-order chi connectivity index (χ1) is 9.54. The summed E-state index contributed by atoms with van der Waals surface area (Å²) in [6.07, 6.45) is 1.94. The number of pyridine rings is 1. The third kappa shape index (κ3) is 3.15. The summed E-state index contributed by atoms with van der Waals surface area (Å²) in [6, 6.07) is 5.93. The SMILES string of the molecule is CCCc1c(C)nc2c(Br)cccc2c1SCC(=O)O. The Bertz CT molecular complexity index is 658. The standard InChI is InChI=1S/C15H16BrNO2S/c1-3-5-10-9(2)17-14-11(6-4-7-12(14)16)15(10)20-8-13(18)19/h4,6-7H,3,5,8H2,1-2H3,(H,18,19). The summed E-state index contributed by atoms with van der Waals surface area (Å²) >= 11 is 4.91. The number of halogens is 1. The lowest BCUT2D eigenvalue weighted by Crippen LogP contribution is -2.02. The maximum atomic E-state index is 10.9. The highest BCUT2D eigenvalue weighted by Gasteiger charge is 2.15. The van der Waals surface area contributed by atoms with Crippen LogP contribution in [0.3, 0.4) is 0 Å². The molecule has 0 aliphatic heterocycles. The summed E-state index contributed by atoms with van der Waals surface area (Å²) in [4.78, 5) is 16.6. The van der Waals surface area contributed by atoms with Crippen LogP contribution in [0.4, 0.5) is 0 Å². The molecule has 0 radical (unpaired) electrons.